The first kappa shape index (κ1) is 22.9. The Morgan fingerprint density at radius 1 is 0.625 bits per heavy atom. The summed E-state index contributed by atoms with van der Waals surface area (Å²) in [6.07, 6.45) is 28.2. The second-order valence-electron chi connectivity index (χ2n) is 6.78. The molecule has 0 aliphatic carbocycles. The Balaban J connectivity index is 3.18. The number of carboxylic acid groups (broad SMARTS) is 1. The van der Waals surface area contributed by atoms with Crippen molar-refractivity contribution in [3.05, 3.63) is 24.3 Å². The first-order chi connectivity index (χ1) is 11.8. The predicted octanol–water partition coefficient (Wildman–Crippen LogP) is 7.44. The van der Waals surface area contributed by atoms with Gasteiger partial charge in [-0.25, -0.2) is 0 Å². The molecule has 0 bridgehead atoms. The van der Waals surface area contributed by atoms with E-state index in [0.717, 1.165) is 19.3 Å². The van der Waals surface area contributed by atoms with E-state index in [4.69, 9.17) is 5.11 Å². The lowest BCUT2D eigenvalue weighted by atomic mass is 10.1. The van der Waals surface area contributed by atoms with Crippen LogP contribution in [0.15, 0.2) is 24.3 Å². The maximum atomic E-state index is 10.4. The van der Waals surface area contributed by atoms with Gasteiger partial charge in [-0.15, -0.1) is 0 Å². The van der Waals surface area contributed by atoms with E-state index in [1.54, 1.807) is 0 Å². The van der Waals surface area contributed by atoms with E-state index in [-0.39, 0.29) is 0 Å². The summed E-state index contributed by atoms with van der Waals surface area (Å²) in [5.41, 5.74) is 0. The molecule has 24 heavy (non-hydrogen) atoms. The molecule has 140 valence electrons. The van der Waals surface area contributed by atoms with Crippen LogP contribution < -0.4 is 0 Å². The normalized spacial score (nSPS) is 11.7. The lowest BCUT2D eigenvalue weighted by molar-refractivity contribution is -0.137. The lowest BCUT2D eigenvalue weighted by Crippen LogP contribution is -1.93. The maximum absolute atomic E-state index is 10.4. The number of hydrogen-bond acceptors (Lipinski definition) is 1. The Labute approximate surface area is 150 Å². The second kappa shape index (κ2) is 20.0. The van der Waals surface area contributed by atoms with Crippen molar-refractivity contribution in [3.8, 4) is 0 Å². The van der Waals surface area contributed by atoms with E-state index in [9.17, 15) is 4.79 Å². The van der Waals surface area contributed by atoms with Gasteiger partial charge < -0.3 is 5.11 Å². The summed E-state index contributed by atoms with van der Waals surface area (Å²) >= 11 is 0. The zero-order valence-electron chi connectivity index (χ0n) is 16.0. The van der Waals surface area contributed by atoms with Crippen molar-refractivity contribution in [3.63, 3.8) is 0 Å². The summed E-state index contributed by atoms with van der Waals surface area (Å²) in [7, 11) is 0. The number of rotatable bonds is 18. The quantitative estimate of drug-likeness (QED) is 0.208. The Kier molecular flexibility index (Phi) is 19.1. The maximum Gasteiger partial charge on any atom is 0.303 e. The third-order valence-corrected chi connectivity index (χ3v) is 4.32. The Bertz CT molecular complexity index is 318. The van der Waals surface area contributed by atoms with E-state index >= 15 is 0 Å². The third kappa shape index (κ3) is 20.9. The Morgan fingerprint density at radius 2 is 1.04 bits per heavy atom. The highest BCUT2D eigenvalue weighted by Gasteiger charge is 1.95. The topological polar surface area (TPSA) is 37.3 Å². The van der Waals surface area contributed by atoms with Crippen molar-refractivity contribution in [1.82, 2.24) is 0 Å². The van der Waals surface area contributed by atoms with Gasteiger partial charge in [0.05, 0.1) is 0 Å². The van der Waals surface area contributed by atoms with Gasteiger partial charge in [-0.2, -0.15) is 0 Å². The number of hydrogen-bond donors (Lipinski definition) is 1. The monoisotopic (exact) mass is 336 g/mol. The van der Waals surface area contributed by atoms with Crippen LogP contribution in [-0.4, -0.2) is 11.1 Å². The first-order valence-corrected chi connectivity index (χ1v) is 10.3. The molecular weight excluding hydrogens is 296 g/mol. The Morgan fingerprint density at radius 3 is 1.54 bits per heavy atom. The summed E-state index contributed by atoms with van der Waals surface area (Å²) < 4.78 is 0. The molecular formula is C22H40O2. The van der Waals surface area contributed by atoms with Crippen LogP contribution in [0.2, 0.25) is 0 Å². The van der Waals surface area contributed by atoms with Gasteiger partial charge >= 0.3 is 5.97 Å². The fourth-order valence-corrected chi connectivity index (χ4v) is 2.78. The minimum absolute atomic E-state index is 0.326. The SMILES string of the molecule is CCCCCCCCC=CCCC=CCCCCCCCC(=O)O. The molecule has 1 N–H and O–H groups in total. The molecule has 0 saturated heterocycles. The van der Waals surface area contributed by atoms with Crippen molar-refractivity contribution in [2.24, 2.45) is 0 Å². The number of carbonyl (C=O) groups is 1. The Hall–Kier alpha value is -1.05. The van der Waals surface area contributed by atoms with Crippen LogP contribution in [0.5, 0.6) is 0 Å². The molecule has 0 spiro atoms. The standard InChI is InChI=1S/C22H40O2/c1-2-3-4-5-6-7-8-9-10-11-12-13-14-15-16-17-18-19-20-21-22(23)24/h9-10,13-14H,2-8,11-12,15-21H2,1H3,(H,23,24). The van der Waals surface area contributed by atoms with Gasteiger partial charge in [0.15, 0.2) is 0 Å². The van der Waals surface area contributed by atoms with Crippen LogP contribution in [0.25, 0.3) is 0 Å². The average molecular weight is 337 g/mol. The first-order valence-electron chi connectivity index (χ1n) is 10.3. The molecule has 0 aliphatic heterocycles. The van der Waals surface area contributed by atoms with Crippen LogP contribution >= 0.6 is 0 Å². The molecule has 2 heteroatoms. The molecule has 0 unspecified atom stereocenters. The van der Waals surface area contributed by atoms with Gasteiger partial charge in [-0.1, -0.05) is 82.6 Å². The van der Waals surface area contributed by atoms with E-state index in [0.29, 0.717) is 6.42 Å². The zero-order chi connectivity index (χ0) is 17.7. The van der Waals surface area contributed by atoms with Gasteiger partial charge in [-0.3, -0.25) is 4.79 Å². The van der Waals surface area contributed by atoms with Gasteiger partial charge in [0.1, 0.15) is 0 Å². The largest absolute Gasteiger partial charge is 0.481 e. The third-order valence-electron chi connectivity index (χ3n) is 4.32. The zero-order valence-corrected chi connectivity index (χ0v) is 16.0. The molecule has 0 rings (SSSR count). The highest BCUT2D eigenvalue weighted by molar-refractivity contribution is 5.66. The molecule has 0 amide bonds. The van der Waals surface area contributed by atoms with Crippen LogP contribution in [0.4, 0.5) is 0 Å². The molecule has 0 saturated carbocycles. The van der Waals surface area contributed by atoms with Crippen LogP contribution in [-0.2, 0) is 4.79 Å². The van der Waals surface area contributed by atoms with Crippen molar-refractivity contribution in [1.29, 1.82) is 0 Å². The highest BCUT2D eigenvalue weighted by atomic mass is 16.4. The van der Waals surface area contributed by atoms with Crippen LogP contribution in [0.3, 0.4) is 0 Å². The molecule has 0 aliphatic rings. The number of aliphatic carboxylic acids is 1. The van der Waals surface area contributed by atoms with Crippen LogP contribution in [0.1, 0.15) is 110 Å². The average Bonchev–Trinajstić information content (AvgIpc) is 2.56. The fourth-order valence-electron chi connectivity index (χ4n) is 2.78. The fraction of sp³-hybridized carbons (Fsp3) is 0.773. The molecule has 0 aromatic heterocycles. The minimum atomic E-state index is -0.668. The summed E-state index contributed by atoms with van der Waals surface area (Å²) in [5, 5.41) is 8.54. The summed E-state index contributed by atoms with van der Waals surface area (Å²) in [6, 6.07) is 0. The minimum Gasteiger partial charge on any atom is -0.481 e. The summed E-state index contributed by atoms with van der Waals surface area (Å²) in [4.78, 5) is 10.4. The van der Waals surface area contributed by atoms with Crippen molar-refractivity contribution in [2.75, 3.05) is 0 Å². The van der Waals surface area contributed by atoms with E-state index in [2.05, 4.69) is 31.2 Å². The molecule has 0 radical (unpaired) electrons. The van der Waals surface area contributed by atoms with Crippen molar-refractivity contribution in [2.45, 2.75) is 110 Å². The van der Waals surface area contributed by atoms with E-state index in [1.165, 1.54) is 77.0 Å². The highest BCUT2D eigenvalue weighted by Crippen LogP contribution is 2.09. The van der Waals surface area contributed by atoms with Crippen LogP contribution in [0, 0.1) is 0 Å². The molecule has 0 heterocycles. The predicted molar refractivity (Wildman–Crippen MR) is 105 cm³/mol. The smallest absolute Gasteiger partial charge is 0.303 e. The van der Waals surface area contributed by atoms with Gasteiger partial charge in [-0.05, 0) is 44.9 Å². The molecule has 0 aromatic carbocycles. The van der Waals surface area contributed by atoms with Gasteiger partial charge in [0.25, 0.3) is 0 Å². The number of carboxylic acids is 1. The molecule has 0 aromatic rings. The van der Waals surface area contributed by atoms with E-state index in [1.807, 2.05) is 0 Å². The van der Waals surface area contributed by atoms with Crippen molar-refractivity contribution >= 4 is 5.97 Å². The summed E-state index contributed by atoms with van der Waals surface area (Å²) in [6.45, 7) is 2.27. The van der Waals surface area contributed by atoms with Gasteiger partial charge in [0.2, 0.25) is 0 Å². The number of unbranched alkanes of at least 4 members (excludes halogenated alkanes) is 12. The second-order valence-corrected chi connectivity index (χ2v) is 6.78. The molecule has 0 atom stereocenters. The van der Waals surface area contributed by atoms with Gasteiger partial charge in [0, 0.05) is 6.42 Å². The molecule has 2 nitrogen and oxygen atoms in total. The summed E-state index contributed by atoms with van der Waals surface area (Å²) in [5.74, 6) is -0.668. The molecule has 0 fully saturated rings. The number of allylic oxidation sites excluding steroid dienone is 4. The van der Waals surface area contributed by atoms with E-state index < -0.39 is 5.97 Å². The lowest BCUT2D eigenvalue weighted by Gasteiger charge is -1.98. The van der Waals surface area contributed by atoms with Crippen molar-refractivity contribution < 1.29 is 9.90 Å².